The van der Waals surface area contributed by atoms with Crippen molar-refractivity contribution in [1.82, 2.24) is 9.73 Å². The molecular weight excluding hydrogens is 500 g/mol. The van der Waals surface area contributed by atoms with Crippen molar-refractivity contribution in [1.29, 1.82) is 0 Å². The zero-order valence-electron chi connectivity index (χ0n) is 18.6. The summed E-state index contributed by atoms with van der Waals surface area (Å²) >= 11 is 5.33. The minimum absolute atomic E-state index is 0.0951. The lowest BCUT2D eigenvalue weighted by Crippen LogP contribution is -2.40. The highest BCUT2D eigenvalue weighted by Gasteiger charge is 2.28. The molecule has 0 unspecified atom stereocenters. The first-order valence-corrected chi connectivity index (χ1v) is 12.6. The highest BCUT2D eigenvalue weighted by atomic mass is 32.2. The van der Waals surface area contributed by atoms with Gasteiger partial charge in [0.2, 0.25) is 10.0 Å². The number of ether oxygens (including phenoxy) is 2. The van der Waals surface area contributed by atoms with Gasteiger partial charge in [-0.05, 0) is 36.5 Å². The number of nitrogens with one attached hydrogen (secondary N) is 2. The maximum Gasteiger partial charge on any atom is 0.433 e. The van der Waals surface area contributed by atoms with Gasteiger partial charge in [0, 0.05) is 26.2 Å². The summed E-state index contributed by atoms with van der Waals surface area (Å²) in [5.74, 6) is -0.236. The summed E-state index contributed by atoms with van der Waals surface area (Å²) in [5.41, 5.74) is 3.87. The van der Waals surface area contributed by atoms with Crippen molar-refractivity contribution in [3.63, 3.8) is 0 Å². The van der Waals surface area contributed by atoms with Crippen LogP contribution in [0.15, 0.2) is 44.7 Å². The Morgan fingerprint density at radius 3 is 2.43 bits per heavy atom. The van der Waals surface area contributed by atoms with Crippen molar-refractivity contribution in [3.05, 3.63) is 46.2 Å². The van der Waals surface area contributed by atoms with Gasteiger partial charge in [-0.1, -0.05) is 0 Å². The Balaban J connectivity index is 1.53. The Morgan fingerprint density at radius 1 is 1.09 bits per heavy atom. The summed E-state index contributed by atoms with van der Waals surface area (Å²) < 4.78 is 43.4. The monoisotopic (exact) mass is 524 g/mol. The number of nitro groups is 1. The van der Waals surface area contributed by atoms with E-state index in [0.29, 0.717) is 45.2 Å². The predicted molar refractivity (Wildman–Crippen MR) is 131 cm³/mol. The van der Waals surface area contributed by atoms with Crippen LogP contribution in [0.2, 0.25) is 0 Å². The van der Waals surface area contributed by atoms with Crippen molar-refractivity contribution in [2.75, 3.05) is 62.8 Å². The van der Waals surface area contributed by atoms with E-state index in [9.17, 15) is 18.5 Å². The normalized spacial score (nSPS) is 17.4. The van der Waals surface area contributed by atoms with Crippen molar-refractivity contribution in [2.45, 2.75) is 4.90 Å². The number of sulfonamides is 1. The zero-order chi connectivity index (χ0) is 24.8. The van der Waals surface area contributed by atoms with Crippen LogP contribution in [0.3, 0.4) is 0 Å². The summed E-state index contributed by atoms with van der Waals surface area (Å²) in [6, 6.07) is 7.49. The topological polar surface area (TPSA) is 152 Å². The van der Waals surface area contributed by atoms with Crippen molar-refractivity contribution in [2.24, 2.45) is 5.10 Å². The molecule has 0 bridgehead atoms. The van der Waals surface area contributed by atoms with Gasteiger partial charge in [-0.15, -0.1) is 0 Å². The van der Waals surface area contributed by atoms with Gasteiger partial charge in [0.15, 0.2) is 10.9 Å². The lowest BCUT2D eigenvalue weighted by Gasteiger charge is -2.31. The SMILES string of the molecule is O=[N+]([O-])c1ccc(/C=N/NC(=S)Nc2cc(S(=O)(=O)N3CCOCC3)ccc2N2CCOCC2)o1. The standard InChI is InChI=1S/C20H24N6O7S2/c27-26(28)19-4-1-15(33-19)14-21-23-20(34)22-17-13-16(35(29,30)25-7-11-32-12-8-25)2-3-18(17)24-5-9-31-10-6-24/h1-4,13-14H,5-12H2,(H2,22,23,34)/b21-14+. The Labute approximate surface area is 206 Å². The molecule has 4 rings (SSSR count). The molecular formula is C20H24N6O7S2. The van der Waals surface area contributed by atoms with Gasteiger partial charge in [0.25, 0.3) is 0 Å². The summed E-state index contributed by atoms with van der Waals surface area (Å²) in [6.45, 7) is 3.65. The minimum Gasteiger partial charge on any atom is -0.400 e. The Morgan fingerprint density at radius 2 is 1.77 bits per heavy atom. The number of hydrogen-bond donors (Lipinski definition) is 2. The van der Waals surface area contributed by atoms with Crippen LogP contribution in [0.5, 0.6) is 0 Å². The molecule has 0 saturated carbocycles. The molecule has 0 radical (unpaired) electrons. The molecule has 0 spiro atoms. The second kappa shape index (κ2) is 11.1. The van der Waals surface area contributed by atoms with E-state index in [0.717, 1.165) is 5.69 Å². The van der Waals surface area contributed by atoms with E-state index < -0.39 is 20.8 Å². The molecule has 0 amide bonds. The third-order valence-electron chi connectivity index (χ3n) is 5.33. The molecule has 1 aromatic heterocycles. The van der Waals surface area contributed by atoms with Gasteiger partial charge in [-0.3, -0.25) is 15.5 Å². The number of anilines is 2. The van der Waals surface area contributed by atoms with E-state index in [4.69, 9.17) is 26.1 Å². The molecule has 2 aromatic rings. The fraction of sp³-hybridized carbons (Fsp3) is 0.400. The van der Waals surface area contributed by atoms with Gasteiger partial charge >= 0.3 is 5.88 Å². The predicted octanol–water partition coefficient (Wildman–Crippen LogP) is 1.37. The van der Waals surface area contributed by atoms with Crippen LogP contribution in [0.1, 0.15) is 5.76 Å². The molecule has 188 valence electrons. The van der Waals surface area contributed by atoms with Crippen LogP contribution in [0.25, 0.3) is 0 Å². The van der Waals surface area contributed by atoms with Gasteiger partial charge in [-0.2, -0.15) is 9.41 Å². The molecule has 3 heterocycles. The Hall–Kier alpha value is -3.11. The summed E-state index contributed by atoms with van der Waals surface area (Å²) in [7, 11) is -3.72. The smallest absolute Gasteiger partial charge is 0.400 e. The van der Waals surface area contributed by atoms with Gasteiger partial charge in [0.05, 0.1) is 55.0 Å². The van der Waals surface area contributed by atoms with Crippen LogP contribution in [0.4, 0.5) is 17.3 Å². The molecule has 0 atom stereocenters. The van der Waals surface area contributed by atoms with Gasteiger partial charge in [0.1, 0.15) is 4.92 Å². The molecule has 15 heteroatoms. The first-order chi connectivity index (χ1) is 16.8. The average Bonchev–Trinajstić information content (AvgIpc) is 3.34. The van der Waals surface area contributed by atoms with E-state index in [1.807, 2.05) is 0 Å². The maximum atomic E-state index is 13.2. The number of furan rings is 1. The first-order valence-electron chi connectivity index (χ1n) is 10.7. The number of hydrogen-bond acceptors (Lipinski definition) is 10. The zero-order valence-corrected chi connectivity index (χ0v) is 20.2. The average molecular weight is 525 g/mol. The number of thiocarbonyl (C=S) groups is 1. The molecule has 13 nitrogen and oxygen atoms in total. The van der Waals surface area contributed by atoms with E-state index in [1.165, 1.54) is 22.7 Å². The fourth-order valence-electron chi connectivity index (χ4n) is 3.61. The second-order valence-corrected chi connectivity index (χ2v) is 9.90. The molecule has 1 aromatic carbocycles. The molecule has 0 aliphatic carbocycles. The Kier molecular flexibility index (Phi) is 7.92. The number of nitrogens with zero attached hydrogens (tertiary/aromatic N) is 4. The lowest BCUT2D eigenvalue weighted by atomic mass is 10.2. The van der Waals surface area contributed by atoms with E-state index in [-0.39, 0.29) is 28.9 Å². The van der Waals surface area contributed by atoms with Crippen molar-refractivity contribution in [3.8, 4) is 0 Å². The molecule has 2 aliphatic heterocycles. The largest absolute Gasteiger partial charge is 0.433 e. The highest BCUT2D eigenvalue weighted by molar-refractivity contribution is 7.89. The summed E-state index contributed by atoms with van der Waals surface area (Å²) in [5, 5.41) is 17.8. The van der Waals surface area contributed by atoms with Gasteiger partial charge in [-0.25, -0.2) is 8.42 Å². The molecule has 2 N–H and O–H groups in total. The van der Waals surface area contributed by atoms with Gasteiger partial charge < -0.3 is 24.1 Å². The number of hydrazone groups is 1. The van der Waals surface area contributed by atoms with E-state index >= 15 is 0 Å². The molecule has 35 heavy (non-hydrogen) atoms. The van der Waals surface area contributed by atoms with E-state index in [2.05, 4.69) is 20.7 Å². The number of rotatable bonds is 7. The van der Waals surface area contributed by atoms with Crippen LogP contribution in [-0.4, -0.2) is 81.6 Å². The lowest BCUT2D eigenvalue weighted by molar-refractivity contribution is -0.402. The second-order valence-electron chi connectivity index (χ2n) is 7.55. The quantitative estimate of drug-likeness (QED) is 0.234. The Bertz CT molecular complexity index is 1200. The summed E-state index contributed by atoms with van der Waals surface area (Å²) in [4.78, 5) is 12.3. The number of benzene rings is 1. The van der Waals surface area contributed by atoms with Crippen LogP contribution < -0.4 is 15.6 Å². The minimum atomic E-state index is -3.72. The maximum absolute atomic E-state index is 13.2. The highest BCUT2D eigenvalue weighted by Crippen LogP contribution is 2.31. The molecule has 2 saturated heterocycles. The molecule has 2 aliphatic rings. The third kappa shape index (κ3) is 6.12. The van der Waals surface area contributed by atoms with Crippen LogP contribution in [-0.2, 0) is 19.5 Å². The van der Waals surface area contributed by atoms with Crippen molar-refractivity contribution >= 4 is 50.8 Å². The third-order valence-corrected chi connectivity index (χ3v) is 7.41. The van der Waals surface area contributed by atoms with Crippen molar-refractivity contribution < 1.29 is 27.2 Å². The first kappa shape index (κ1) is 25.0. The van der Waals surface area contributed by atoms with Crippen LogP contribution in [0, 0.1) is 10.1 Å². The number of morpholine rings is 2. The summed E-state index contributed by atoms with van der Waals surface area (Å²) in [6.07, 6.45) is 1.24. The molecule has 2 fully saturated rings. The fourth-order valence-corrected chi connectivity index (χ4v) is 5.20. The van der Waals surface area contributed by atoms with Crippen LogP contribution >= 0.6 is 12.2 Å². The van der Waals surface area contributed by atoms with E-state index in [1.54, 1.807) is 18.2 Å².